The Morgan fingerprint density at radius 2 is 2.05 bits per heavy atom. The summed E-state index contributed by atoms with van der Waals surface area (Å²) in [5.41, 5.74) is 6.03. The van der Waals surface area contributed by atoms with Crippen molar-refractivity contribution < 1.29 is 0 Å². The molecule has 0 amide bonds. The summed E-state index contributed by atoms with van der Waals surface area (Å²) in [5, 5.41) is 5.33. The molecule has 0 saturated carbocycles. The van der Waals surface area contributed by atoms with Gasteiger partial charge >= 0.3 is 0 Å². The Morgan fingerprint density at radius 3 is 2.81 bits per heavy atom. The van der Waals surface area contributed by atoms with Crippen molar-refractivity contribution in [1.82, 2.24) is 20.2 Å². The predicted molar refractivity (Wildman–Crippen MR) is 83.3 cm³/mol. The molecule has 0 radical (unpaired) electrons. The Bertz CT molecular complexity index is 734. The minimum absolute atomic E-state index is 0.0320. The Balaban J connectivity index is 1.79. The summed E-state index contributed by atoms with van der Waals surface area (Å²) in [5.74, 6) is 5.71. The minimum Gasteiger partial charge on any atom is -0.273 e. The second-order valence-electron chi connectivity index (χ2n) is 5.13. The van der Waals surface area contributed by atoms with Crippen molar-refractivity contribution >= 4 is 10.9 Å². The van der Waals surface area contributed by atoms with Gasteiger partial charge in [0.05, 0.1) is 17.3 Å². The Labute approximate surface area is 123 Å². The number of hydrogen-bond acceptors (Lipinski definition) is 4. The van der Waals surface area contributed by atoms with Gasteiger partial charge in [-0.2, -0.15) is 5.10 Å². The van der Waals surface area contributed by atoms with Crippen molar-refractivity contribution in [1.29, 1.82) is 0 Å². The molecular weight excluding hydrogens is 262 g/mol. The van der Waals surface area contributed by atoms with E-state index in [1.807, 2.05) is 48.3 Å². The monoisotopic (exact) mass is 281 g/mol. The van der Waals surface area contributed by atoms with E-state index in [9.17, 15) is 0 Å². The lowest BCUT2D eigenvalue weighted by Gasteiger charge is -2.16. The molecule has 0 aliphatic carbocycles. The molecule has 3 N–H and O–H groups in total. The maximum Gasteiger partial charge on any atom is 0.0706 e. The van der Waals surface area contributed by atoms with Crippen LogP contribution in [0.2, 0.25) is 0 Å². The predicted octanol–water partition coefficient (Wildman–Crippen LogP) is 2.11. The van der Waals surface area contributed by atoms with Crippen LogP contribution in [0.3, 0.4) is 0 Å². The van der Waals surface area contributed by atoms with Gasteiger partial charge in [0.25, 0.3) is 0 Å². The van der Waals surface area contributed by atoms with Crippen LogP contribution in [0.25, 0.3) is 10.9 Å². The molecule has 3 rings (SSSR count). The van der Waals surface area contributed by atoms with Gasteiger partial charge in [-0.25, -0.2) is 0 Å². The molecule has 0 aliphatic heterocycles. The number of nitrogens with zero attached hydrogens (tertiary/aromatic N) is 3. The van der Waals surface area contributed by atoms with Gasteiger partial charge in [-0.3, -0.25) is 20.9 Å². The molecule has 1 unspecified atom stereocenters. The number of nitrogens with one attached hydrogen (secondary N) is 1. The van der Waals surface area contributed by atoms with Gasteiger partial charge in [0, 0.05) is 24.3 Å². The second kappa shape index (κ2) is 6.03. The van der Waals surface area contributed by atoms with E-state index < -0.39 is 0 Å². The zero-order valence-electron chi connectivity index (χ0n) is 12.0. The SMILES string of the molecule is Cn1nccc1CCC(NN)c1ccc2ccccc2n1. The maximum atomic E-state index is 5.71. The van der Waals surface area contributed by atoms with Crippen molar-refractivity contribution in [2.75, 3.05) is 0 Å². The van der Waals surface area contributed by atoms with E-state index in [4.69, 9.17) is 10.8 Å². The van der Waals surface area contributed by atoms with Gasteiger partial charge in [0.1, 0.15) is 0 Å². The van der Waals surface area contributed by atoms with Crippen LogP contribution in [0, 0.1) is 0 Å². The van der Waals surface area contributed by atoms with Crippen LogP contribution < -0.4 is 11.3 Å². The number of hydrogen-bond donors (Lipinski definition) is 2. The number of rotatable bonds is 5. The quantitative estimate of drug-likeness (QED) is 0.555. The molecule has 5 heteroatoms. The Morgan fingerprint density at radius 1 is 1.19 bits per heavy atom. The molecule has 0 saturated heterocycles. The molecule has 2 aromatic heterocycles. The lowest BCUT2D eigenvalue weighted by atomic mass is 10.1. The molecule has 0 bridgehead atoms. The number of para-hydroxylation sites is 1. The molecule has 3 aromatic rings. The van der Waals surface area contributed by atoms with Crippen molar-refractivity contribution in [2.45, 2.75) is 18.9 Å². The van der Waals surface area contributed by atoms with E-state index in [-0.39, 0.29) is 6.04 Å². The summed E-state index contributed by atoms with van der Waals surface area (Å²) in [6.45, 7) is 0. The summed E-state index contributed by atoms with van der Waals surface area (Å²) < 4.78 is 1.89. The lowest BCUT2D eigenvalue weighted by molar-refractivity contribution is 0.497. The highest BCUT2D eigenvalue weighted by Crippen LogP contribution is 2.20. The van der Waals surface area contributed by atoms with E-state index >= 15 is 0 Å². The van der Waals surface area contributed by atoms with Crippen LogP contribution in [-0.2, 0) is 13.5 Å². The van der Waals surface area contributed by atoms with Gasteiger partial charge in [-0.1, -0.05) is 24.3 Å². The summed E-state index contributed by atoms with van der Waals surface area (Å²) in [6.07, 6.45) is 3.59. The number of aromatic nitrogens is 3. The third-order valence-electron chi connectivity index (χ3n) is 3.79. The highest BCUT2D eigenvalue weighted by molar-refractivity contribution is 5.78. The van der Waals surface area contributed by atoms with Crippen LogP contribution >= 0.6 is 0 Å². The summed E-state index contributed by atoms with van der Waals surface area (Å²) >= 11 is 0. The van der Waals surface area contributed by atoms with E-state index in [1.165, 1.54) is 5.69 Å². The highest BCUT2D eigenvalue weighted by atomic mass is 15.3. The average molecular weight is 281 g/mol. The smallest absolute Gasteiger partial charge is 0.0706 e. The zero-order valence-corrected chi connectivity index (χ0v) is 12.0. The summed E-state index contributed by atoms with van der Waals surface area (Å²) in [7, 11) is 1.95. The van der Waals surface area contributed by atoms with Gasteiger partial charge in [0.15, 0.2) is 0 Å². The fraction of sp³-hybridized carbons (Fsp3) is 0.250. The first-order valence-electron chi connectivity index (χ1n) is 7.06. The first-order chi connectivity index (χ1) is 10.3. The van der Waals surface area contributed by atoms with Crippen molar-refractivity contribution in [3.8, 4) is 0 Å². The second-order valence-corrected chi connectivity index (χ2v) is 5.13. The van der Waals surface area contributed by atoms with Crippen LogP contribution in [0.1, 0.15) is 23.9 Å². The molecule has 0 spiro atoms. The maximum absolute atomic E-state index is 5.71. The van der Waals surface area contributed by atoms with Crippen LogP contribution in [0.15, 0.2) is 48.7 Å². The zero-order chi connectivity index (χ0) is 14.7. The molecule has 2 heterocycles. The van der Waals surface area contributed by atoms with Gasteiger partial charge in [-0.15, -0.1) is 0 Å². The largest absolute Gasteiger partial charge is 0.273 e. The number of pyridine rings is 1. The molecule has 5 nitrogen and oxygen atoms in total. The number of aryl methyl sites for hydroxylation is 2. The van der Waals surface area contributed by atoms with Gasteiger partial charge < -0.3 is 0 Å². The molecular formula is C16H19N5. The third-order valence-corrected chi connectivity index (χ3v) is 3.79. The molecule has 0 fully saturated rings. The topological polar surface area (TPSA) is 68.8 Å². The van der Waals surface area contributed by atoms with E-state index in [0.717, 1.165) is 29.4 Å². The van der Waals surface area contributed by atoms with Crippen LogP contribution in [-0.4, -0.2) is 14.8 Å². The van der Waals surface area contributed by atoms with Crippen LogP contribution in [0.4, 0.5) is 0 Å². The van der Waals surface area contributed by atoms with Crippen molar-refractivity contribution in [3.05, 3.63) is 60.0 Å². The fourth-order valence-electron chi connectivity index (χ4n) is 2.53. The normalized spacial score (nSPS) is 12.7. The van der Waals surface area contributed by atoms with E-state index in [2.05, 4.69) is 22.7 Å². The van der Waals surface area contributed by atoms with E-state index in [1.54, 1.807) is 0 Å². The van der Waals surface area contributed by atoms with Gasteiger partial charge in [0.2, 0.25) is 0 Å². The fourth-order valence-corrected chi connectivity index (χ4v) is 2.53. The molecule has 1 aromatic carbocycles. The molecule has 1 atom stereocenters. The van der Waals surface area contributed by atoms with Crippen molar-refractivity contribution in [3.63, 3.8) is 0 Å². The van der Waals surface area contributed by atoms with E-state index in [0.29, 0.717) is 0 Å². The summed E-state index contributed by atoms with van der Waals surface area (Å²) in [4.78, 5) is 4.70. The highest BCUT2D eigenvalue weighted by Gasteiger charge is 2.12. The first-order valence-corrected chi connectivity index (χ1v) is 7.06. The first kappa shape index (κ1) is 13.7. The number of hydrazine groups is 1. The Hall–Kier alpha value is -2.24. The number of nitrogens with two attached hydrogens (primary N) is 1. The lowest BCUT2D eigenvalue weighted by Crippen LogP contribution is -2.29. The van der Waals surface area contributed by atoms with Gasteiger partial charge in [-0.05, 0) is 31.0 Å². The molecule has 108 valence electrons. The summed E-state index contributed by atoms with van der Waals surface area (Å²) in [6, 6.07) is 14.3. The standard InChI is InChI=1S/C16H19N5/c1-21-13(10-11-18-21)7-9-16(20-17)15-8-6-12-4-2-3-5-14(12)19-15/h2-6,8,10-11,16,20H,7,9,17H2,1H3. The molecule has 21 heavy (non-hydrogen) atoms. The Kier molecular flexibility index (Phi) is 3.94. The average Bonchev–Trinajstić information content (AvgIpc) is 2.93. The molecule has 0 aliphatic rings. The number of fused-ring (bicyclic) bond motifs is 1. The minimum atomic E-state index is 0.0320. The van der Waals surface area contributed by atoms with Crippen LogP contribution in [0.5, 0.6) is 0 Å². The third kappa shape index (κ3) is 2.94. The van der Waals surface area contributed by atoms with Crippen molar-refractivity contribution in [2.24, 2.45) is 12.9 Å². The number of benzene rings is 1.